The van der Waals surface area contributed by atoms with Crippen molar-refractivity contribution < 1.29 is 9.53 Å². The van der Waals surface area contributed by atoms with Crippen LogP contribution in [0.15, 0.2) is 24.3 Å². The van der Waals surface area contributed by atoms with Crippen molar-refractivity contribution in [1.29, 1.82) is 5.26 Å². The molecule has 4 nitrogen and oxygen atoms in total. The van der Waals surface area contributed by atoms with E-state index in [9.17, 15) is 4.79 Å². The third-order valence-corrected chi connectivity index (χ3v) is 2.77. The first-order valence-electron chi connectivity index (χ1n) is 5.69. The molecule has 2 rings (SSSR count). The number of carbonyl (C=O) groups is 1. The minimum atomic E-state index is -0.155. The average Bonchev–Trinajstić information content (AvgIpc) is 2.89. The number of benzene rings is 1. The van der Waals surface area contributed by atoms with Crippen molar-refractivity contribution in [3.8, 4) is 6.07 Å². The van der Waals surface area contributed by atoms with E-state index in [1.54, 1.807) is 24.3 Å². The summed E-state index contributed by atoms with van der Waals surface area (Å²) < 4.78 is 5.42. The quantitative estimate of drug-likeness (QED) is 0.855. The zero-order chi connectivity index (χ0) is 12.1. The lowest BCUT2D eigenvalue weighted by atomic mass is 10.1. The van der Waals surface area contributed by atoms with Crippen LogP contribution in [0.5, 0.6) is 0 Å². The molecule has 17 heavy (non-hydrogen) atoms. The van der Waals surface area contributed by atoms with Gasteiger partial charge in [-0.05, 0) is 31.0 Å². The molecule has 1 aromatic rings. The predicted molar refractivity (Wildman–Crippen MR) is 62.5 cm³/mol. The maximum atomic E-state index is 11.8. The van der Waals surface area contributed by atoms with Gasteiger partial charge in [-0.25, -0.2) is 0 Å². The summed E-state index contributed by atoms with van der Waals surface area (Å²) in [5.74, 6) is -0.155. The Labute approximate surface area is 100 Å². The van der Waals surface area contributed by atoms with Crippen LogP contribution in [0.1, 0.15) is 28.8 Å². The Morgan fingerprint density at radius 1 is 1.59 bits per heavy atom. The molecule has 4 heteroatoms. The molecule has 0 spiro atoms. The van der Waals surface area contributed by atoms with E-state index in [4.69, 9.17) is 10.00 Å². The largest absolute Gasteiger partial charge is 0.376 e. The van der Waals surface area contributed by atoms with Gasteiger partial charge in [0.2, 0.25) is 0 Å². The smallest absolute Gasteiger partial charge is 0.251 e. The van der Waals surface area contributed by atoms with Crippen LogP contribution in [0, 0.1) is 11.3 Å². The van der Waals surface area contributed by atoms with Gasteiger partial charge in [0.15, 0.2) is 0 Å². The van der Waals surface area contributed by atoms with Crippen LogP contribution in [-0.2, 0) is 4.74 Å². The van der Waals surface area contributed by atoms with E-state index in [1.807, 2.05) is 6.07 Å². The summed E-state index contributed by atoms with van der Waals surface area (Å²) in [6.45, 7) is 1.32. The Bertz CT molecular complexity index is 445. The molecular weight excluding hydrogens is 216 g/mol. The first kappa shape index (κ1) is 11.6. The van der Waals surface area contributed by atoms with E-state index >= 15 is 0 Å². The van der Waals surface area contributed by atoms with Crippen molar-refractivity contribution in [3.63, 3.8) is 0 Å². The van der Waals surface area contributed by atoms with Gasteiger partial charge in [0.25, 0.3) is 5.91 Å². The molecule has 88 valence electrons. The zero-order valence-corrected chi connectivity index (χ0v) is 9.48. The molecule has 0 bridgehead atoms. The summed E-state index contributed by atoms with van der Waals surface area (Å²) in [4.78, 5) is 11.8. The van der Waals surface area contributed by atoms with Crippen molar-refractivity contribution in [1.82, 2.24) is 5.32 Å². The molecule has 1 atom stereocenters. The summed E-state index contributed by atoms with van der Waals surface area (Å²) >= 11 is 0. The highest BCUT2D eigenvalue weighted by Gasteiger charge is 2.16. The Kier molecular flexibility index (Phi) is 3.73. The van der Waals surface area contributed by atoms with E-state index in [-0.39, 0.29) is 12.0 Å². The molecule has 1 amide bonds. The number of hydrogen-bond acceptors (Lipinski definition) is 3. The molecule has 1 aromatic carbocycles. The fraction of sp³-hybridized carbons (Fsp3) is 0.385. The van der Waals surface area contributed by atoms with Crippen LogP contribution in [-0.4, -0.2) is 25.2 Å². The van der Waals surface area contributed by atoms with Gasteiger partial charge in [0.05, 0.1) is 17.7 Å². The Balaban J connectivity index is 1.92. The number of nitrogens with one attached hydrogen (secondary N) is 1. The first-order valence-corrected chi connectivity index (χ1v) is 5.69. The molecule has 1 N–H and O–H groups in total. The molecule has 1 aliphatic rings. The van der Waals surface area contributed by atoms with Gasteiger partial charge in [0.1, 0.15) is 0 Å². The van der Waals surface area contributed by atoms with Crippen molar-refractivity contribution in [3.05, 3.63) is 35.4 Å². The maximum absolute atomic E-state index is 11.8. The lowest BCUT2D eigenvalue weighted by Crippen LogP contribution is -2.31. The predicted octanol–water partition coefficient (Wildman–Crippen LogP) is 1.47. The third-order valence-electron chi connectivity index (χ3n) is 2.77. The van der Waals surface area contributed by atoms with Gasteiger partial charge in [-0.15, -0.1) is 0 Å². The van der Waals surface area contributed by atoms with Crippen LogP contribution in [0.3, 0.4) is 0 Å². The van der Waals surface area contributed by atoms with E-state index in [2.05, 4.69) is 5.32 Å². The van der Waals surface area contributed by atoms with Gasteiger partial charge in [-0.1, -0.05) is 6.07 Å². The average molecular weight is 230 g/mol. The van der Waals surface area contributed by atoms with E-state index < -0.39 is 0 Å². The monoisotopic (exact) mass is 230 g/mol. The van der Waals surface area contributed by atoms with Gasteiger partial charge < -0.3 is 10.1 Å². The molecule has 0 saturated carbocycles. The van der Waals surface area contributed by atoms with Gasteiger partial charge in [0, 0.05) is 18.7 Å². The van der Waals surface area contributed by atoms with Crippen LogP contribution >= 0.6 is 0 Å². The summed E-state index contributed by atoms with van der Waals surface area (Å²) in [5.41, 5.74) is 1.01. The normalized spacial score (nSPS) is 18.6. The number of nitrogens with zero attached hydrogens (tertiary/aromatic N) is 1. The third kappa shape index (κ3) is 3.05. The number of ether oxygens (including phenoxy) is 1. The molecule has 1 fully saturated rings. The minimum absolute atomic E-state index is 0.137. The van der Waals surface area contributed by atoms with Crippen molar-refractivity contribution in [2.24, 2.45) is 0 Å². The molecule has 1 heterocycles. The molecule has 0 radical (unpaired) electrons. The highest BCUT2D eigenvalue weighted by Crippen LogP contribution is 2.11. The highest BCUT2D eigenvalue weighted by atomic mass is 16.5. The van der Waals surface area contributed by atoms with Crippen LogP contribution in [0.4, 0.5) is 0 Å². The second-order valence-electron chi connectivity index (χ2n) is 4.04. The van der Waals surface area contributed by atoms with Gasteiger partial charge in [-0.2, -0.15) is 5.26 Å². The van der Waals surface area contributed by atoms with E-state index in [0.29, 0.717) is 17.7 Å². The Morgan fingerprint density at radius 3 is 3.18 bits per heavy atom. The number of hydrogen-bond donors (Lipinski definition) is 1. The zero-order valence-electron chi connectivity index (χ0n) is 9.48. The number of carbonyl (C=O) groups excluding carboxylic acids is 1. The van der Waals surface area contributed by atoms with Crippen molar-refractivity contribution >= 4 is 5.91 Å². The minimum Gasteiger partial charge on any atom is -0.376 e. The lowest BCUT2D eigenvalue weighted by Gasteiger charge is -2.10. The van der Waals surface area contributed by atoms with E-state index in [1.165, 1.54) is 0 Å². The van der Waals surface area contributed by atoms with E-state index in [0.717, 1.165) is 19.4 Å². The van der Waals surface area contributed by atoms with Crippen molar-refractivity contribution in [2.45, 2.75) is 18.9 Å². The Morgan fingerprint density at radius 2 is 2.47 bits per heavy atom. The number of nitriles is 1. The highest BCUT2D eigenvalue weighted by molar-refractivity contribution is 5.94. The fourth-order valence-electron chi connectivity index (χ4n) is 1.84. The molecule has 1 aliphatic heterocycles. The SMILES string of the molecule is N#Cc1cccc(C(=O)NCC2CCCO2)c1. The van der Waals surface area contributed by atoms with Gasteiger partial charge >= 0.3 is 0 Å². The Hall–Kier alpha value is -1.86. The molecule has 0 aromatic heterocycles. The van der Waals surface area contributed by atoms with Crippen LogP contribution < -0.4 is 5.32 Å². The maximum Gasteiger partial charge on any atom is 0.251 e. The fourth-order valence-corrected chi connectivity index (χ4v) is 1.84. The summed E-state index contributed by atoms with van der Waals surface area (Å²) in [7, 11) is 0. The summed E-state index contributed by atoms with van der Waals surface area (Å²) in [6.07, 6.45) is 2.20. The van der Waals surface area contributed by atoms with Crippen molar-refractivity contribution in [2.75, 3.05) is 13.2 Å². The molecular formula is C13H14N2O2. The second kappa shape index (κ2) is 5.46. The second-order valence-corrected chi connectivity index (χ2v) is 4.04. The lowest BCUT2D eigenvalue weighted by molar-refractivity contribution is 0.0858. The molecule has 1 unspecified atom stereocenters. The first-order chi connectivity index (χ1) is 8.29. The van der Waals surface area contributed by atoms with Crippen LogP contribution in [0.25, 0.3) is 0 Å². The topological polar surface area (TPSA) is 62.1 Å². The summed E-state index contributed by atoms with van der Waals surface area (Å²) in [6, 6.07) is 8.69. The van der Waals surface area contributed by atoms with Crippen LogP contribution in [0.2, 0.25) is 0 Å². The standard InChI is InChI=1S/C13H14N2O2/c14-8-10-3-1-4-11(7-10)13(16)15-9-12-5-2-6-17-12/h1,3-4,7,12H,2,5-6,9H2,(H,15,16). The number of rotatable bonds is 3. The molecule has 1 saturated heterocycles. The number of amides is 1. The molecule has 0 aliphatic carbocycles. The summed E-state index contributed by atoms with van der Waals surface area (Å²) in [5, 5.41) is 11.6. The van der Waals surface area contributed by atoms with Gasteiger partial charge in [-0.3, -0.25) is 4.79 Å².